The van der Waals surface area contributed by atoms with Crippen molar-refractivity contribution in [3.8, 4) is 0 Å². The molecule has 2 atom stereocenters. The summed E-state index contributed by atoms with van der Waals surface area (Å²) in [5.74, 6) is -0.807. The summed E-state index contributed by atoms with van der Waals surface area (Å²) in [4.78, 5) is 24.9. The van der Waals surface area contributed by atoms with Crippen LogP contribution in [0.5, 0.6) is 0 Å². The van der Waals surface area contributed by atoms with E-state index in [1.807, 2.05) is 18.7 Å². The van der Waals surface area contributed by atoms with Crippen LogP contribution in [0.25, 0.3) is 0 Å². The highest BCUT2D eigenvalue weighted by Gasteiger charge is 2.50. The second kappa shape index (κ2) is 4.67. The lowest BCUT2D eigenvalue weighted by atomic mass is 9.85. The fourth-order valence-corrected chi connectivity index (χ4v) is 2.46. The molecule has 0 aromatic heterocycles. The lowest BCUT2D eigenvalue weighted by Gasteiger charge is -2.35. The van der Waals surface area contributed by atoms with Crippen LogP contribution in [0.3, 0.4) is 0 Å². The van der Waals surface area contributed by atoms with Crippen molar-refractivity contribution in [3.05, 3.63) is 0 Å². The molecule has 1 N–H and O–H groups in total. The Bertz CT molecular complexity index is 323. The van der Waals surface area contributed by atoms with Crippen molar-refractivity contribution in [3.63, 3.8) is 0 Å². The molecule has 0 heterocycles. The summed E-state index contributed by atoms with van der Waals surface area (Å²) in [5.41, 5.74) is 0. The first-order valence-corrected chi connectivity index (χ1v) is 6.54. The van der Waals surface area contributed by atoms with E-state index in [0.717, 1.165) is 6.54 Å². The molecule has 2 fully saturated rings. The maximum absolute atomic E-state index is 12.2. The van der Waals surface area contributed by atoms with Crippen molar-refractivity contribution in [2.75, 3.05) is 6.54 Å². The topological polar surface area (TPSA) is 57.6 Å². The average molecular weight is 239 g/mol. The van der Waals surface area contributed by atoms with Gasteiger partial charge in [0.25, 0.3) is 0 Å². The molecule has 2 aliphatic rings. The van der Waals surface area contributed by atoms with Crippen LogP contribution in [0.15, 0.2) is 0 Å². The third-order valence-electron chi connectivity index (χ3n) is 4.01. The van der Waals surface area contributed by atoms with Crippen LogP contribution in [0.2, 0.25) is 0 Å². The second-order valence-electron chi connectivity index (χ2n) is 5.67. The molecule has 4 heteroatoms. The normalized spacial score (nSPS) is 27.7. The first kappa shape index (κ1) is 12.4. The van der Waals surface area contributed by atoms with Crippen molar-refractivity contribution < 1.29 is 14.7 Å². The monoisotopic (exact) mass is 239 g/mol. The fraction of sp³-hybridized carbons (Fsp3) is 0.846. The minimum absolute atomic E-state index is 0.0549. The number of amides is 1. The molecule has 0 radical (unpaired) electrons. The van der Waals surface area contributed by atoms with E-state index < -0.39 is 11.9 Å². The molecule has 0 aromatic carbocycles. The number of carbonyl (C=O) groups is 2. The lowest BCUT2D eigenvalue weighted by molar-refractivity contribution is -0.143. The summed E-state index contributed by atoms with van der Waals surface area (Å²) in [6.07, 6.45) is 4.22. The van der Waals surface area contributed by atoms with Gasteiger partial charge >= 0.3 is 5.97 Å². The van der Waals surface area contributed by atoms with Crippen LogP contribution >= 0.6 is 0 Å². The van der Waals surface area contributed by atoms with E-state index in [0.29, 0.717) is 12.3 Å². The van der Waals surface area contributed by atoms with E-state index >= 15 is 0 Å². The van der Waals surface area contributed by atoms with Gasteiger partial charge in [0.2, 0.25) is 5.91 Å². The van der Waals surface area contributed by atoms with Gasteiger partial charge in [0.05, 0.1) is 11.8 Å². The molecule has 17 heavy (non-hydrogen) atoms. The number of hydrogen-bond acceptors (Lipinski definition) is 2. The quantitative estimate of drug-likeness (QED) is 0.795. The molecule has 1 amide bonds. The van der Waals surface area contributed by atoms with Gasteiger partial charge in [0.1, 0.15) is 0 Å². The Morgan fingerprint density at radius 2 is 1.94 bits per heavy atom. The number of carboxylic acid groups (broad SMARTS) is 1. The largest absolute Gasteiger partial charge is 0.481 e. The minimum atomic E-state index is -0.823. The molecular weight excluding hydrogens is 218 g/mol. The summed E-state index contributed by atoms with van der Waals surface area (Å²) < 4.78 is 0. The zero-order chi connectivity index (χ0) is 12.6. The molecule has 2 aliphatic carbocycles. The summed E-state index contributed by atoms with van der Waals surface area (Å²) in [6, 6.07) is 0.179. The van der Waals surface area contributed by atoms with Gasteiger partial charge in [0.15, 0.2) is 0 Å². The first-order chi connectivity index (χ1) is 8.00. The smallest absolute Gasteiger partial charge is 0.307 e. The van der Waals surface area contributed by atoms with Crippen molar-refractivity contribution in [2.24, 2.45) is 17.8 Å². The van der Waals surface area contributed by atoms with Crippen molar-refractivity contribution in [2.45, 2.75) is 45.6 Å². The van der Waals surface area contributed by atoms with Crippen LogP contribution in [-0.2, 0) is 9.59 Å². The zero-order valence-corrected chi connectivity index (χ0v) is 10.6. The van der Waals surface area contributed by atoms with Gasteiger partial charge in [-0.3, -0.25) is 9.59 Å². The molecule has 0 saturated heterocycles. The number of rotatable bonds is 5. The SMILES string of the molecule is CC(C)N(CC1CCC1)C(=O)C1CC1C(=O)O. The highest BCUT2D eigenvalue weighted by atomic mass is 16.4. The highest BCUT2D eigenvalue weighted by molar-refractivity contribution is 5.89. The van der Waals surface area contributed by atoms with Gasteiger partial charge < -0.3 is 10.0 Å². The van der Waals surface area contributed by atoms with Gasteiger partial charge in [0, 0.05) is 12.6 Å². The van der Waals surface area contributed by atoms with E-state index in [2.05, 4.69) is 0 Å². The first-order valence-electron chi connectivity index (χ1n) is 6.54. The molecule has 2 saturated carbocycles. The summed E-state index contributed by atoms with van der Waals surface area (Å²) in [6.45, 7) is 4.84. The molecule has 2 unspecified atom stereocenters. The van der Waals surface area contributed by atoms with Crippen molar-refractivity contribution in [1.29, 1.82) is 0 Å². The molecular formula is C13H21NO3. The maximum atomic E-state index is 12.2. The summed E-state index contributed by atoms with van der Waals surface area (Å²) in [5, 5.41) is 8.86. The van der Waals surface area contributed by atoms with Gasteiger partial charge in [-0.25, -0.2) is 0 Å². The maximum Gasteiger partial charge on any atom is 0.307 e. The predicted octanol–water partition coefficient (Wildman–Crippen LogP) is 1.74. The average Bonchev–Trinajstić information content (AvgIpc) is 2.93. The van der Waals surface area contributed by atoms with E-state index in [1.165, 1.54) is 19.3 Å². The Kier molecular flexibility index (Phi) is 3.40. The molecule has 0 spiro atoms. The molecule has 0 aliphatic heterocycles. The molecule has 0 bridgehead atoms. The molecule has 96 valence electrons. The Balaban J connectivity index is 1.91. The van der Waals surface area contributed by atoms with E-state index in [-0.39, 0.29) is 17.9 Å². The van der Waals surface area contributed by atoms with E-state index in [1.54, 1.807) is 0 Å². The molecule has 4 nitrogen and oxygen atoms in total. The lowest BCUT2D eigenvalue weighted by Crippen LogP contribution is -2.43. The van der Waals surface area contributed by atoms with Crippen LogP contribution in [0.1, 0.15) is 39.5 Å². The van der Waals surface area contributed by atoms with E-state index in [4.69, 9.17) is 5.11 Å². The number of aliphatic carboxylic acids is 1. The third-order valence-corrected chi connectivity index (χ3v) is 4.01. The summed E-state index contributed by atoms with van der Waals surface area (Å²) >= 11 is 0. The number of nitrogens with zero attached hydrogens (tertiary/aromatic N) is 1. The minimum Gasteiger partial charge on any atom is -0.481 e. The second-order valence-corrected chi connectivity index (χ2v) is 5.67. The van der Waals surface area contributed by atoms with Crippen molar-refractivity contribution in [1.82, 2.24) is 4.90 Å². The van der Waals surface area contributed by atoms with Gasteiger partial charge in [-0.15, -0.1) is 0 Å². The Labute approximate surface area is 102 Å². The predicted molar refractivity (Wildman–Crippen MR) is 63.4 cm³/mol. The number of carboxylic acids is 1. The van der Waals surface area contributed by atoms with Crippen LogP contribution in [0, 0.1) is 17.8 Å². The van der Waals surface area contributed by atoms with Gasteiger partial charge in [-0.2, -0.15) is 0 Å². The zero-order valence-electron chi connectivity index (χ0n) is 10.6. The van der Waals surface area contributed by atoms with Crippen LogP contribution in [-0.4, -0.2) is 34.5 Å². The number of carbonyl (C=O) groups excluding carboxylic acids is 1. The van der Waals surface area contributed by atoms with Crippen LogP contribution < -0.4 is 0 Å². The van der Waals surface area contributed by atoms with Crippen molar-refractivity contribution >= 4 is 11.9 Å². The highest BCUT2D eigenvalue weighted by Crippen LogP contribution is 2.41. The molecule has 0 aromatic rings. The van der Waals surface area contributed by atoms with E-state index in [9.17, 15) is 9.59 Å². The van der Waals surface area contributed by atoms with Crippen LogP contribution in [0.4, 0.5) is 0 Å². The molecule has 2 rings (SSSR count). The Morgan fingerprint density at radius 1 is 1.29 bits per heavy atom. The Hall–Kier alpha value is -1.06. The third kappa shape index (κ3) is 2.61. The summed E-state index contributed by atoms with van der Waals surface area (Å²) in [7, 11) is 0. The van der Waals surface area contributed by atoms with Gasteiger partial charge in [-0.1, -0.05) is 6.42 Å². The Morgan fingerprint density at radius 3 is 2.29 bits per heavy atom. The number of hydrogen-bond donors (Lipinski definition) is 1. The fourth-order valence-electron chi connectivity index (χ4n) is 2.46. The van der Waals surface area contributed by atoms with Gasteiger partial charge in [-0.05, 0) is 39.0 Å². The standard InChI is InChI=1S/C13H21NO3/c1-8(2)14(7-9-4-3-5-9)12(15)10-6-11(10)13(16)17/h8-11H,3-7H2,1-2H3,(H,16,17).